The minimum absolute atomic E-state index is 0.0370. The second kappa shape index (κ2) is 28.3. The van der Waals surface area contributed by atoms with Gasteiger partial charge < -0.3 is 20.1 Å². The molecule has 1 aliphatic carbocycles. The Morgan fingerprint density at radius 1 is 0.674 bits per heavy atom. The number of esters is 1. The van der Waals surface area contributed by atoms with Crippen molar-refractivity contribution in [2.45, 2.75) is 193 Å². The topological polar surface area (TPSA) is 87.0 Å². The maximum absolute atomic E-state index is 12.0. The van der Waals surface area contributed by atoms with Crippen LogP contribution in [0.4, 0.5) is 0 Å². The highest BCUT2D eigenvalue weighted by Gasteiger charge is 2.40. The molecule has 0 amide bonds. The van der Waals surface area contributed by atoms with Gasteiger partial charge in [0.25, 0.3) is 0 Å². The predicted molar refractivity (Wildman–Crippen MR) is 181 cm³/mol. The summed E-state index contributed by atoms with van der Waals surface area (Å²) in [6.45, 7) is 5.00. The maximum Gasteiger partial charge on any atom is 0.305 e. The molecule has 0 aromatic carbocycles. The summed E-state index contributed by atoms with van der Waals surface area (Å²) in [4.78, 5) is 12.0. The van der Waals surface area contributed by atoms with Gasteiger partial charge in [-0.2, -0.15) is 0 Å². The number of rotatable bonds is 29. The van der Waals surface area contributed by atoms with Crippen molar-refractivity contribution >= 4 is 5.97 Å². The molecule has 5 atom stereocenters. The zero-order valence-electron chi connectivity index (χ0n) is 28.2. The normalized spacial score (nSPS) is 21.3. The highest BCUT2D eigenvalue weighted by molar-refractivity contribution is 5.69. The van der Waals surface area contributed by atoms with Crippen LogP contribution in [0.25, 0.3) is 0 Å². The lowest BCUT2D eigenvalue weighted by Gasteiger charge is -2.23. The Bertz CT molecular complexity index is 690. The monoisotopic (exact) mass is 607 g/mol. The largest absolute Gasteiger partial charge is 0.466 e. The van der Waals surface area contributed by atoms with Crippen molar-refractivity contribution < 1.29 is 24.9 Å². The van der Waals surface area contributed by atoms with Crippen molar-refractivity contribution in [3.63, 3.8) is 0 Å². The molecule has 1 saturated carbocycles. The standard InChI is InChI=1S/C38H70O5/c1-3-5-7-9-10-11-12-13-14-15-16-17-21-25-31-43-38(42)28-24-20-19-23-27-34-35(37(41)32-36(34)40)30-29-33(39)26-22-18-8-6-4-2/h11-12,19,23,33-37,39-41H,3-10,13-18,20-22,24-32H2,1-2H3/b12-11+,23-19-/t33-,34+,35+,36-,37+/m0/s1. The van der Waals surface area contributed by atoms with Crippen LogP contribution in [-0.4, -0.2) is 46.2 Å². The van der Waals surface area contributed by atoms with E-state index in [2.05, 4.69) is 38.2 Å². The van der Waals surface area contributed by atoms with Gasteiger partial charge in [-0.1, -0.05) is 115 Å². The van der Waals surface area contributed by atoms with Gasteiger partial charge in [-0.25, -0.2) is 0 Å². The van der Waals surface area contributed by atoms with Gasteiger partial charge in [0.05, 0.1) is 24.9 Å². The van der Waals surface area contributed by atoms with Crippen molar-refractivity contribution in [2.24, 2.45) is 11.8 Å². The average molecular weight is 607 g/mol. The Balaban J connectivity index is 2.03. The summed E-state index contributed by atoms with van der Waals surface area (Å²) in [6, 6.07) is 0. The summed E-state index contributed by atoms with van der Waals surface area (Å²) >= 11 is 0. The minimum atomic E-state index is -0.489. The quantitative estimate of drug-likeness (QED) is 0.0448. The van der Waals surface area contributed by atoms with E-state index in [1.165, 1.54) is 89.9 Å². The van der Waals surface area contributed by atoms with E-state index in [0.29, 0.717) is 25.9 Å². The van der Waals surface area contributed by atoms with E-state index in [1.54, 1.807) is 0 Å². The zero-order chi connectivity index (χ0) is 31.4. The fraction of sp³-hybridized carbons (Fsp3) is 0.868. The molecule has 0 aliphatic heterocycles. The van der Waals surface area contributed by atoms with Crippen LogP contribution in [0.3, 0.4) is 0 Å². The molecule has 0 aromatic rings. The first-order valence-electron chi connectivity index (χ1n) is 18.5. The third-order valence-electron chi connectivity index (χ3n) is 9.24. The second-order valence-corrected chi connectivity index (χ2v) is 13.2. The predicted octanol–water partition coefficient (Wildman–Crippen LogP) is 9.76. The van der Waals surface area contributed by atoms with Crippen LogP contribution in [0.15, 0.2) is 24.3 Å². The number of aliphatic hydroxyl groups is 3. The molecule has 5 nitrogen and oxygen atoms in total. The average Bonchev–Trinajstić information content (AvgIpc) is 3.26. The van der Waals surface area contributed by atoms with Crippen LogP contribution in [0.2, 0.25) is 0 Å². The maximum atomic E-state index is 12.0. The molecule has 252 valence electrons. The molecule has 1 aliphatic rings. The molecular formula is C38H70O5. The highest BCUT2D eigenvalue weighted by Crippen LogP contribution is 2.38. The molecule has 0 bridgehead atoms. The van der Waals surface area contributed by atoms with Crippen molar-refractivity contribution in [3.05, 3.63) is 24.3 Å². The molecule has 1 fully saturated rings. The van der Waals surface area contributed by atoms with Crippen molar-refractivity contribution in [3.8, 4) is 0 Å². The SMILES string of the molecule is CCCCCC/C=C/CCCCCCCCOC(=O)CCC/C=C\C[C@@H]1[C@@H](CC[C@@H](O)CCCCCCC)[C@H](O)C[C@@H]1O. The zero-order valence-corrected chi connectivity index (χ0v) is 28.2. The van der Waals surface area contributed by atoms with Crippen LogP contribution in [-0.2, 0) is 9.53 Å². The Morgan fingerprint density at radius 3 is 1.91 bits per heavy atom. The fourth-order valence-electron chi connectivity index (χ4n) is 6.41. The van der Waals surface area contributed by atoms with Crippen LogP contribution in [0.5, 0.6) is 0 Å². The number of allylic oxidation sites excluding steroid dienone is 4. The van der Waals surface area contributed by atoms with Crippen molar-refractivity contribution in [1.82, 2.24) is 0 Å². The number of carbonyl (C=O) groups excluding carboxylic acids is 1. The lowest BCUT2D eigenvalue weighted by Crippen LogP contribution is -2.23. The van der Waals surface area contributed by atoms with Gasteiger partial charge in [-0.15, -0.1) is 0 Å². The Labute approximate surface area is 266 Å². The summed E-state index contributed by atoms with van der Waals surface area (Å²) in [7, 11) is 0. The van der Waals surface area contributed by atoms with Gasteiger partial charge in [0, 0.05) is 6.42 Å². The molecular weight excluding hydrogens is 536 g/mol. The van der Waals surface area contributed by atoms with E-state index in [-0.39, 0.29) is 23.9 Å². The van der Waals surface area contributed by atoms with Gasteiger partial charge in [-0.3, -0.25) is 4.79 Å². The molecule has 5 heteroatoms. The van der Waals surface area contributed by atoms with E-state index in [1.807, 2.05) is 0 Å². The van der Waals surface area contributed by atoms with Gasteiger partial charge in [0.2, 0.25) is 0 Å². The molecule has 0 unspecified atom stereocenters. The molecule has 1 rings (SSSR count). The third-order valence-corrected chi connectivity index (χ3v) is 9.24. The summed E-state index contributed by atoms with van der Waals surface area (Å²) in [6.07, 6.45) is 34.0. The van der Waals surface area contributed by atoms with Crippen molar-refractivity contribution in [2.75, 3.05) is 6.61 Å². The number of hydrogen-bond donors (Lipinski definition) is 3. The summed E-state index contributed by atoms with van der Waals surface area (Å²) in [5.41, 5.74) is 0. The van der Waals surface area contributed by atoms with Crippen LogP contribution in [0.1, 0.15) is 174 Å². The van der Waals surface area contributed by atoms with E-state index >= 15 is 0 Å². The summed E-state index contributed by atoms with van der Waals surface area (Å²) in [5, 5.41) is 31.4. The molecule has 3 N–H and O–H groups in total. The van der Waals surface area contributed by atoms with Crippen LogP contribution >= 0.6 is 0 Å². The summed E-state index contributed by atoms with van der Waals surface area (Å²) in [5.74, 6) is -0.0282. The number of hydrogen-bond acceptors (Lipinski definition) is 5. The number of ether oxygens (including phenoxy) is 1. The van der Waals surface area contributed by atoms with E-state index < -0.39 is 12.2 Å². The Morgan fingerprint density at radius 2 is 1.21 bits per heavy atom. The third kappa shape index (κ3) is 22.1. The van der Waals surface area contributed by atoms with E-state index in [4.69, 9.17) is 4.74 Å². The van der Waals surface area contributed by atoms with Gasteiger partial charge in [0.1, 0.15) is 0 Å². The number of aliphatic hydroxyl groups excluding tert-OH is 3. The lowest BCUT2D eigenvalue weighted by atomic mass is 9.85. The first-order valence-corrected chi connectivity index (χ1v) is 18.5. The fourth-order valence-corrected chi connectivity index (χ4v) is 6.41. The van der Waals surface area contributed by atoms with E-state index in [0.717, 1.165) is 51.4 Å². The van der Waals surface area contributed by atoms with E-state index in [9.17, 15) is 20.1 Å². The molecule has 0 heterocycles. The Hall–Kier alpha value is -1.17. The highest BCUT2D eigenvalue weighted by atomic mass is 16.5. The summed E-state index contributed by atoms with van der Waals surface area (Å²) < 4.78 is 5.41. The molecule has 0 saturated heterocycles. The molecule has 0 spiro atoms. The number of unbranched alkanes of at least 4 members (excludes halogenated alkanes) is 15. The lowest BCUT2D eigenvalue weighted by molar-refractivity contribution is -0.143. The molecule has 0 aromatic heterocycles. The Kier molecular flexibility index (Phi) is 26.2. The first kappa shape index (κ1) is 39.9. The van der Waals surface area contributed by atoms with Crippen molar-refractivity contribution in [1.29, 1.82) is 0 Å². The van der Waals surface area contributed by atoms with Crippen LogP contribution in [0, 0.1) is 11.8 Å². The van der Waals surface area contributed by atoms with Gasteiger partial charge >= 0.3 is 5.97 Å². The van der Waals surface area contributed by atoms with Gasteiger partial charge in [0.15, 0.2) is 0 Å². The smallest absolute Gasteiger partial charge is 0.305 e. The van der Waals surface area contributed by atoms with Crippen LogP contribution < -0.4 is 0 Å². The number of carbonyl (C=O) groups is 1. The molecule has 0 radical (unpaired) electrons. The van der Waals surface area contributed by atoms with Gasteiger partial charge in [-0.05, 0) is 88.9 Å². The minimum Gasteiger partial charge on any atom is -0.466 e. The first-order chi connectivity index (χ1) is 21.0. The molecule has 43 heavy (non-hydrogen) atoms. The second-order valence-electron chi connectivity index (χ2n) is 13.2.